The molecule has 76 valence electrons. The lowest BCUT2D eigenvalue weighted by atomic mass is 10.4. The molecule has 4 heteroatoms. The zero-order valence-electron chi connectivity index (χ0n) is 7.75. The fraction of sp³-hybridized carbons (Fsp3) is 0.400. The molecule has 0 amide bonds. The zero-order valence-corrected chi connectivity index (χ0v) is 10.1. The SMILES string of the molecule is C#CCSCCNCc1cc(Cl)cs1. The molecule has 0 saturated carbocycles. The van der Waals surface area contributed by atoms with Gasteiger partial charge in [-0.3, -0.25) is 0 Å². The Morgan fingerprint density at radius 2 is 2.50 bits per heavy atom. The largest absolute Gasteiger partial charge is 0.311 e. The number of thioether (sulfide) groups is 1. The van der Waals surface area contributed by atoms with Crippen LogP contribution < -0.4 is 5.32 Å². The van der Waals surface area contributed by atoms with Crippen LogP contribution in [0.25, 0.3) is 0 Å². The molecule has 0 bridgehead atoms. The van der Waals surface area contributed by atoms with E-state index < -0.39 is 0 Å². The van der Waals surface area contributed by atoms with E-state index in [1.54, 1.807) is 23.1 Å². The number of terminal acetylenes is 1. The molecule has 0 spiro atoms. The molecular formula is C10H12ClNS2. The predicted octanol–water partition coefficient (Wildman–Crippen LogP) is 2.86. The van der Waals surface area contributed by atoms with E-state index in [2.05, 4.69) is 11.2 Å². The van der Waals surface area contributed by atoms with Gasteiger partial charge in [0, 0.05) is 29.1 Å². The van der Waals surface area contributed by atoms with Gasteiger partial charge in [-0.05, 0) is 6.07 Å². The molecular weight excluding hydrogens is 234 g/mol. The van der Waals surface area contributed by atoms with E-state index in [0.717, 1.165) is 29.6 Å². The van der Waals surface area contributed by atoms with Crippen LogP contribution in [0.15, 0.2) is 11.4 Å². The molecule has 0 atom stereocenters. The van der Waals surface area contributed by atoms with E-state index in [9.17, 15) is 0 Å². The molecule has 0 aliphatic carbocycles. The van der Waals surface area contributed by atoms with Gasteiger partial charge in [0.15, 0.2) is 0 Å². The predicted molar refractivity (Wildman–Crippen MR) is 67.2 cm³/mol. The van der Waals surface area contributed by atoms with Gasteiger partial charge < -0.3 is 5.32 Å². The van der Waals surface area contributed by atoms with E-state index in [1.807, 2.05) is 11.4 Å². The molecule has 0 radical (unpaired) electrons. The Balaban J connectivity index is 2.02. The summed E-state index contributed by atoms with van der Waals surface area (Å²) in [5, 5.41) is 6.11. The first-order chi connectivity index (χ1) is 6.83. The van der Waals surface area contributed by atoms with Crippen LogP contribution in [0.3, 0.4) is 0 Å². The molecule has 1 aromatic heterocycles. The minimum Gasteiger partial charge on any atom is -0.311 e. The Hall–Kier alpha value is -0.140. The van der Waals surface area contributed by atoms with Crippen molar-refractivity contribution < 1.29 is 0 Å². The van der Waals surface area contributed by atoms with Crippen LogP contribution in [0.1, 0.15) is 4.88 Å². The molecule has 0 saturated heterocycles. The number of thiophene rings is 1. The Kier molecular flexibility index (Phi) is 6.13. The first-order valence-electron chi connectivity index (χ1n) is 4.28. The summed E-state index contributed by atoms with van der Waals surface area (Å²) in [6.07, 6.45) is 5.13. The first kappa shape index (κ1) is 11.9. The lowest BCUT2D eigenvalue weighted by Crippen LogP contribution is -2.15. The fourth-order valence-electron chi connectivity index (χ4n) is 0.934. The first-order valence-corrected chi connectivity index (χ1v) is 6.69. The fourth-order valence-corrected chi connectivity index (χ4v) is 2.53. The number of halogens is 1. The number of rotatable bonds is 6. The summed E-state index contributed by atoms with van der Waals surface area (Å²) in [6.45, 7) is 1.88. The van der Waals surface area contributed by atoms with Crippen molar-refractivity contribution in [2.24, 2.45) is 0 Å². The van der Waals surface area contributed by atoms with Gasteiger partial charge in [-0.2, -0.15) is 0 Å². The highest BCUT2D eigenvalue weighted by Gasteiger charge is 1.96. The highest BCUT2D eigenvalue weighted by molar-refractivity contribution is 7.99. The maximum absolute atomic E-state index is 5.80. The molecule has 1 rings (SSSR count). The van der Waals surface area contributed by atoms with Crippen LogP contribution in [0, 0.1) is 12.3 Å². The van der Waals surface area contributed by atoms with Gasteiger partial charge in [-0.25, -0.2) is 0 Å². The van der Waals surface area contributed by atoms with E-state index in [-0.39, 0.29) is 0 Å². The van der Waals surface area contributed by atoms with Crippen molar-refractivity contribution in [3.05, 3.63) is 21.3 Å². The highest BCUT2D eigenvalue weighted by Crippen LogP contribution is 2.18. The third kappa shape index (κ3) is 4.92. The third-order valence-electron chi connectivity index (χ3n) is 1.53. The Labute approximate surface area is 98.2 Å². The quantitative estimate of drug-likeness (QED) is 0.611. The van der Waals surface area contributed by atoms with Gasteiger partial charge in [0.05, 0.1) is 10.8 Å². The average Bonchev–Trinajstić information content (AvgIpc) is 2.58. The molecule has 0 aliphatic heterocycles. The molecule has 0 aliphatic rings. The minimum absolute atomic E-state index is 0.798. The van der Waals surface area contributed by atoms with E-state index >= 15 is 0 Å². The van der Waals surface area contributed by atoms with Crippen LogP contribution in [0.2, 0.25) is 5.02 Å². The van der Waals surface area contributed by atoms with Crippen LogP contribution in [-0.4, -0.2) is 18.1 Å². The normalized spacial score (nSPS) is 10.0. The summed E-state index contributed by atoms with van der Waals surface area (Å²) in [7, 11) is 0. The molecule has 1 N–H and O–H groups in total. The smallest absolute Gasteiger partial charge is 0.0545 e. The van der Waals surface area contributed by atoms with Gasteiger partial charge in [-0.15, -0.1) is 29.5 Å². The number of hydrogen-bond acceptors (Lipinski definition) is 3. The van der Waals surface area contributed by atoms with Gasteiger partial charge >= 0.3 is 0 Å². The van der Waals surface area contributed by atoms with E-state index in [4.69, 9.17) is 18.0 Å². The molecule has 0 aromatic carbocycles. The maximum Gasteiger partial charge on any atom is 0.0545 e. The number of hydrogen-bond donors (Lipinski definition) is 1. The monoisotopic (exact) mass is 245 g/mol. The van der Waals surface area contributed by atoms with Gasteiger partial charge in [-0.1, -0.05) is 17.5 Å². The molecule has 14 heavy (non-hydrogen) atoms. The van der Waals surface area contributed by atoms with Gasteiger partial charge in [0.25, 0.3) is 0 Å². The summed E-state index contributed by atoms with van der Waals surface area (Å²) >= 11 is 9.25. The Morgan fingerprint density at radius 1 is 1.64 bits per heavy atom. The molecule has 0 fully saturated rings. The summed E-state index contributed by atoms with van der Waals surface area (Å²) in [5.41, 5.74) is 0. The van der Waals surface area contributed by atoms with Crippen molar-refractivity contribution >= 4 is 34.7 Å². The lowest BCUT2D eigenvalue weighted by Gasteiger charge is -2.00. The molecule has 0 unspecified atom stereocenters. The second kappa shape index (κ2) is 7.19. The van der Waals surface area contributed by atoms with Crippen LogP contribution in [0.4, 0.5) is 0 Å². The summed E-state index contributed by atoms with van der Waals surface area (Å²) in [6, 6.07) is 1.99. The summed E-state index contributed by atoms with van der Waals surface area (Å²) in [4.78, 5) is 1.27. The van der Waals surface area contributed by atoms with Crippen molar-refractivity contribution in [3.8, 4) is 12.3 Å². The van der Waals surface area contributed by atoms with E-state index in [0.29, 0.717) is 0 Å². The summed E-state index contributed by atoms with van der Waals surface area (Å²) < 4.78 is 0. The van der Waals surface area contributed by atoms with Crippen molar-refractivity contribution in [3.63, 3.8) is 0 Å². The lowest BCUT2D eigenvalue weighted by molar-refractivity contribution is 0.741. The van der Waals surface area contributed by atoms with Crippen LogP contribution in [-0.2, 0) is 6.54 Å². The van der Waals surface area contributed by atoms with Crippen molar-refractivity contribution in [1.82, 2.24) is 5.32 Å². The van der Waals surface area contributed by atoms with Gasteiger partial charge in [0.2, 0.25) is 0 Å². The Bertz CT molecular complexity index is 303. The molecule has 1 nitrogen and oxygen atoms in total. The van der Waals surface area contributed by atoms with Crippen LogP contribution in [0.5, 0.6) is 0 Å². The topological polar surface area (TPSA) is 12.0 Å². The number of nitrogens with one attached hydrogen (secondary N) is 1. The second-order valence-electron chi connectivity index (χ2n) is 2.66. The van der Waals surface area contributed by atoms with Crippen molar-refractivity contribution in [2.75, 3.05) is 18.1 Å². The zero-order chi connectivity index (χ0) is 10.2. The van der Waals surface area contributed by atoms with E-state index in [1.165, 1.54) is 4.88 Å². The summed E-state index contributed by atoms with van der Waals surface area (Å²) in [5.74, 6) is 4.46. The molecule has 1 aromatic rings. The average molecular weight is 246 g/mol. The second-order valence-corrected chi connectivity index (χ2v) is 5.20. The standard InChI is InChI=1S/C10H12ClNS2/c1-2-4-13-5-3-12-7-10-6-9(11)8-14-10/h1,6,8,12H,3-5,7H2. The highest BCUT2D eigenvalue weighted by atomic mass is 35.5. The molecule has 1 heterocycles. The van der Waals surface area contributed by atoms with Crippen LogP contribution >= 0.6 is 34.7 Å². The van der Waals surface area contributed by atoms with Crippen molar-refractivity contribution in [1.29, 1.82) is 0 Å². The van der Waals surface area contributed by atoms with Gasteiger partial charge in [0.1, 0.15) is 0 Å². The minimum atomic E-state index is 0.798. The van der Waals surface area contributed by atoms with Crippen molar-refractivity contribution in [2.45, 2.75) is 6.54 Å². The maximum atomic E-state index is 5.80. The Morgan fingerprint density at radius 3 is 3.14 bits per heavy atom. The third-order valence-corrected chi connectivity index (χ3v) is 3.68.